The number of benzene rings is 1. The monoisotopic (exact) mass is 235 g/mol. The fourth-order valence-electron chi connectivity index (χ4n) is 1.35. The van der Waals surface area contributed by atoms with Crippen molar-refractivity contribution >= 4 is 5.91 Å². The molecule has 0 saturated carbocycles. The van der Waals surface area contributed by atoms with Crippen LogP contribution in [0.25, 0.3) is 0 Å². The molecular formula is C13H21N3O. The number of carbonyl (C=O) groups is 1. The van der Waals surface area contributed by atoms with Gasteiger partial charge in [0.05, 0.1) is 0 Å². The van der Waals surface area contributed by atoms with E-state index >= 15 is 0 Å². The summed E-state index contributed by atoms with van der Waals surface area (Å²) in [5.41, 5.74) is 6.71. The van der Waals surface area contributed by atoms with E-state index in [4.69, 9.17) is 5.73 Å². The summed E-state index contributed by atoms with van der Waals surface area (Å²) in [6, 6.07) is 9.09. The van der Waals surface area contributed by atoms with Gasteiger partial charge in [0.1, 0.15) is 6.04 Å². The third kappa shape index (κ3) is 4.17. The molecule has 0 aliphatic carbocycles. The second-order valence-electron chi connectivity index (χ2n) is 4.45. The highest BCUT2D eigenvalue weighted by atomic mass is 16.2. The van der Waals surface area contributed by atoms with E-state index in [9.17, 15) is 4.79 Å². The molecule has 1 rings (SSSR count). The lowest BCUT2D eigenvalue weighted by Gasteiger charge is -2.21. The van der Waals surface area contributed by atoms with Crippen molar-refractivity contribution in [2.24, 2.45) is 5.73 Å². The topological polar surface area (TPSA) is 58.4 Å². The second kappa shape index (κ2) is 6.37. The highest BCUT2D eigenvalue weighted by Gasteiger charge is 2.16. The first kappa shape index (κ1) is 13.7. The van der Waals surface area contributed by atoms with Crippen LogP contribution in [0.1, 0.15) is 18.5 Å². The van der Waals surface area contributed by atoms with Gasteiger partial charge in [-0.15, -0.1) is 0 Å². The summed E-state index contributed by atoms with van der Waals surface area (Å²) < 4.78 is 0. The highest BCUT2D eigenvalue weighted by molar-refractivity contribution is 5.82. The molecule has 0 aromatic heterocycles. The van der Waals surface area contributed by atoms with Crippen LogP contribution in [-0.2, 0) is 4.79 Å². The zero-order chi connectivity index (χ0) is 12.8. The number of carbonyl (C=O) groups excluding carboxylic acids is 1. The number of hydrogen-bond donors (Lipinski definition) is 2. The fourth-order valence-corrected chi connectivity index (χ4v) is 1.35. The van der Waals surface area contributed by atoms with E-state index in [0.717, 1.165) is 5.56 Å². The van der Waals surface area contributed by atoms with Crippen LogP contribution >= 0.6 is 0 Å². The summed E-state index contributed by atoms with van der Waals surface area (Å²) in [5, 5.41) is 2.86. The van der Waals surface area contributed by atoms with Crippen LogP contribution in [0.3, 0.4) is 0 Å². The quantitative estimate of drug-likeness (QED) is 0.792. The Hall–Kier alpha value is -1.39. The zero-order valence-corrected chi connectivity index (χ0v) is 10.7. The van der Waals surface area contributed by atoms with E-state index in [0.29, 0.717) is 12.6 Å². The van der Waals surface area contributed by atoms with Gasteiger partial charge in [0, 0.05) is 12.6 Å². The summed E-state index contributed by atoms with van der Waals surface area (Å²) in [6.07, 6.45) is 0. The van der Waals surface area contributed by atoms with Crippen LogP contribution in [0.15, 0.2) is 30.3 Å². The largest absolute Gasteiger partial charge is 0.353 e. The van der Waals surface area contributed by atoms with Gasteiger partial charge in [-0.2, -0.15) is 0 Å². The third-order valence-corrected chi connectivity index (χ3v) is 2.89. The highest BCUT2D eigenvalue weighted by Crippen LogP contribution is 2.09. The summed E-state index contributed by atoms with van der Waals surface area (Å²) >= 11 is 0. The molecule has 0 aliphatic heterocycles. The number of nitrogens with zero attached hydrogens (tertiary/aromatic N) is 1. The molecule has 1 aromatic rings. The molecule has 1 amide bonds. The summed E-state index contributed by atoms with van der Waals surface area (Å²) in [5.74, 6) is -0.134. The van der Waals surface area contributed by atoms with Crippen molar-refractivity contribution in [1.29, 1.82) is 0 Å². The maximum atomic E-state index is 11.8. The van der Waals surface area contributed by atoms with Crippen LogP contribution in [-0.4, -0.2) is 37.5 Å². The molecule has 0 bridgehead atoms. The van der Waals surface area contributed by atoms with Gasteiger partial charge in [0.15, 0.2) is 0 Å². The minimum absolute atomic E-state index is 0.134. The fraction of sp³-hybridized carbons (Fsp3) is 0.462. The van der Waals surface area contributed by atoms with Crippen molar-refractivity contribution in [2.75, 3.05) is 20.6 Å². The molecule has 2 unspecified atom stereocenters. The van der Waals surface area contributed by atoms with Crippen molar-refractivity contribution in [3.63, 3.8) is 0 Å². The van der Waals surface area contributed by atoms with Crippen LogP contribution in [0.2, 0.25) is 0 Å². The molecule has 1 aromatic carbocycles. The maximum Gasteiger partial charge on any atom is 0.241 e. The Morgan fingerprint density at radius 3 is 2.47 bits per heavy atom. The summed E-state index contributed by atoms with van der Waals surface area (Å²) in [4.78, 5) is 13.9. The van der Waals surface area contributed by atoms with E-state index in [1.54, 1.807) is 0 Å². The first-order valence-corrected chi connectivity index (χ1v) is 5.77. The van der Waals surface area contributed by atoms with Gasteiger partial charge < -0.3 is 16.0 Å². The molecule has 3 N–H and O–H groups in total. The molecule has 4 heteroatoms. The van der Waals surface area contributed by atoms with E-state index in [-0.39, 0.29) is 5.91 Å². The molecule has 94 valence electrons. The molecule has 2 atom stereocenters. The lowest BCUT2D eigenvalue weighted by Crippen LogP contribution is -2.41. The molecule has 0 heterocycles. The Bertz CT molecular complexity index is 351. The van der Waals surface area contributed by atoms with Crippen LogP contribution in [0.5, 0.6) is 0 Å². The molecule has 4 nitrogen and oxygen atoms in total. The average molecular weight is 235 g/mol. The minimum atomic E-state index is -0.592. The second-order valence-corrected chi connectivity index (χ2v) is 4.45. The average Bonchev–Trinajstić information content (AvgIpc) is 2.35. The molecular weight excluding hydrogens is 214 g/mol. The smallest absolute Gasteiger partial charge is 0.241 e. The minimum Gasteiger partial charge on any atom is -0.353 e. The number of nitrogens with one attached hydrogen (secondary N) is 1. The third-order valence-electron chi connectivity index (χ3n) is 2.89. The first-order chi connectivity index (χ1) is 8.02. The van der Waals surface area contributed by atoms with Crippen LogP contribution in [0, 0.1) is 0 Å². The summed E-state index contributed by atoms with van der Waals surface area (Å²) in [7, 11) is 3.96. The van der Waals surface area contributed by atoms with Crippen molar-refractivity contribution in [3.8, 4) is 0 Å². The first-order valence-electron chi connectivity index (χ1n) is 5.77. The van der Waals surface area contributed by atoms with Gasteiger partial charge in [-0.3, -0.25) is 4.79 Å². The standard InChI is InChI=1S/C13H21N3O/c1-10(16(2)3)9-15-13(17)12(14)11-7-5-4-6-8-11/h4-8,10,12H,9,14H2,1-3H3,(H,15,17). The molecule has 0 spiro atoms. The van der Waals surface area contributed by atoms with Crippen molar-refractivity contribution < 1.29 is 4.79 Å². The van der Waals surface area contributed by atoms with Crippen molar-refractivity contribution in [1.82, 2.24) is 10.2 Å². The Morgan fingerprint density at radius 2 is 1.94 bits per heavy atom. The Balaban J connectivity index is 2.48. The van der Waals surface area contributed by atoms with Crippen LogP contribution < -0.4 is 11.1 Å². The van der Waals surface area contributed by atoms with Gasteiger partial charge in [0.25, 0.3) is 0 Å². The van der Waals surface area contributed by atoms with E-state index in [2.05, 4.69) is 5.32 Å². The number of amides is 1. The SMILES string of the molecule is CC(CNC(=O)C(N)c1ccccc1)N(C)C. The number of hydrogen-bond acceptors (Lipinski definition) is 3. The van der Waals surface area contributed by atoms with Gasteiger partial charge >= 0.3 is 0 Å². The van der Waals surface area contributed by atoms with E-state index < -0.39 is 6.04 Å². The Kier molecular flexibility index (Phi) is 5.12. The lowest BCUT2D eigenvalue weighted by atomic mass is 10.1. The predicted octanol–water partition coefficient (Wildman–Crippen LogP) is 0.753. The predicted molar refractivity (Wildman–Crippen MR) is 69.5 cm³/mol. The Morgan fingerprint density at radius 1 is 1.35 bits per heavy atom. The Labute approximate surface area is 103 Å². The van der Waals surface area contributed by atoms with Crippen LogP contribution in [0.4, 0.5) is 0 Å². The molecule has 0 aliphatic rings. The van der Waals surface area contributed by atoms with E-state index in [1.165, 1.54) is 0 Å². The normalized spacial score (nSPS) is 14.4. The van der Waals surface area contributed by atoms with Gasteiger partial charge in [-0.25, -0.2) is 0 Å². The number of rotatable bonds is 5. The van der Waals surface area contributed by atoms with Gasteiger partial charge in [-0.1, -0.05) is 30.3 Å². The summed E-state index contributed by atoms with van der Waals surface area (Å²) in [6.45, 7) is 2.65. The van der Waals surface area contributed by atoms with Gasteiger partial charge in [0.2, 0.25) is 5.91 Å². The molecule has 17 heavy (non-hydrogen) atoms. The van der Waals surface area contributed by atoms with Gasteiger partial charge in [-0.05, 0) is 26.6 Å². The lowest BCUT2D eigenvalue weighted by molar-refractivity contribution is -0.122. The van der Waals surface area contributed by atoms with Crippen molar-refractivity contribution in [2.45, 2.75) is 19.0 Å². The maximum absolute atomic E-state index is 11.8. The number of likely N-dealkylation sites (N-methyl/N-ethyl adjacent to an activating group) is 1. The molecule has 0 fully saturated rings. The van der Waals surface area contributed by atoms with Crippen molar-refractivity contribution in [3.05, 3.63) is 35.9 Å². The molecule has 0 saturated heterocycles. The number of nitrogens with two attached hydrogens (primary N) is 1. The molecule has 0 radical (unpaired) electrons. The van der Waals surface area contributed by atoms with E-state index in [1.807, 2.05) is 56.3 Å². The zero-order valence-electron chi connectivity index (χ0n) is 10.7.